The first-order chi connectivity index (χ1) is 7.29. The summed E-state index contributed by atoms with van der Waals surface area (Å²) in [4.78, 5) is 0. The summed E-state index contributed by atoms with van der Waals surface area (Å²) in [6.07, 6.45) is 0. The molecule has 0 radical (unpaired) electrons. The first-order valence-electron chi connectivity index (χ1n) is 4.25. The van der Waals surface area contributed by atoms with Crippen LogP contribution in [0.15, 0.2) is 28.8 Å². The standard InChI is InChI=1S/C9H10NO.ClHO4/c1-7-8-5-3-4-6-9(8)10(2)11-7;2-1(3,4)5/h3-6H,1-2H3;(H,2,3,4,5)/q+1;/p-1. The van der Waals surface area contributed by atoms with Gasteiger partial charge in [-0.05, 0) is 10.8 Å². The molecule has 6 nitrogen and oxygen atoms in total. The summed E-state index contributed by atoms with van der Waals surface area (Å²) in [5, 5.41) is 1.19. The highest BCUT2D eigenvalue weighted by Gasteiger charge is 2.11. The maximum atomic E-state index is 8.49. The number of nitrogens with zero attached hydrogens (tertiary/aromatic N) is 1. The smallest absolute Gasteiger partial charge is 0.241 e. The number of para-hydroxylation sites is 1. The molecule has 7 heteroatoms. The molecule has 1 aromatic carbocycles. The average Bonchev–Trinajstić information content (AvgIpc) is 2.41. The van der Waals surface area contributed by atoms with E-state index in [4.69, 9.17) is 23.2 Å². The summed E-state index contributed by atoms with van der Waals surface area (Å²) in [6.45, 7) is 1.97. The van der Waals surface area contributed by atoms with Crippen LogP contribution in [0.2, 0.25) is 0 Å². The Bertz CT molecular complexity index is 434. The molecule has 88 valence electrons. The van der Waals surface area contributed by atoms with E-state index in [-0.39, 0.29) is 0 Å². The van der Waals surface area contributed by atoms with Crippen molar-refractivity contribution in [1.29, 1.82) is 0 Å². The maximum Gasteiger partial charge on any atom is 0.261 e. The van der Waals surface area contributed by atoms with E-state index in [1.54, 1.807) is 4.74 Å². The third-order valence-corrected chi connectivity index (χ3v) is 1.90. The van der Waals surface area contributed by atoms with Crippen LogP contribution >= 0.6 is 0 Å². The van der Waals surface area contributed by atoms with Gasteiger partial charge in [0.15, 0.2) is 12.8 Å². The van der Waals surface area contributed by atoms with Gasteiger partial charge in [0.05, 0.1) is 5.39 Å². The molecule has 1 heterocycles. The summed E-state index contributed by atoms with van der Waals surface area (Å²) in [7, 11) is -3.03. The van der Waals surface area contributed by atoms with E-state index >= 15 is 0 Å². The normalized spacial score (nSPS) is 11.1. The van der Waals surface area contributed by atoms with Crippen LogP contribution in [0.3, 0.4) is 0 Å². The Balaban J connectivity index is 0.000000221. The molecule has 0 saturated carbocycles. The van der Waals surface area contributed by atoms with Crippen LogP contribution in [-0.4, -0.2) is 0 Å². The molecule has 0 aliphatic rings. The lowest BCUT2D eigenvalue weighted by Crippen LogP contribution is -2.68. The van der Waals surface area contributed by atoms with Crippen LogP contribution in [-0.2, 0) is 7.05 Å². The summed E-state index contributed by atoms with van der Waals surface area (Å²) in [5.74, 6) is 0.975. The van der Waals surface area contributed by atoms with Crippen LogP contribution < -0.4 is 23.4 Å². The molecule has 1 aromatic heterocycles. The van der Waals surface area contributed by atoms with Gasteiger partial charge in [-0.25, -0.2) is 23.2 Å². The van der Waals surface area contributed by atoms with E-state index in [2.05, 4.69) is 6.07 Å². The number of aromatic nitrogens is 1. The quantitative estimate of drug-likeness (QED) is 0.456. The van der Waals surface area contributed by atoms with Gasteiger partial charge in [0, 0.05) is 13.0 Å². The van der Waals surface area contributed by atoms with Crippen LogP contribution in [0.5, 0.6) is 0 Å². The Morgan fingerprint density at radius 3 is 2.12 bits per heavy atom. The summed E-state index contributed by atoms with van der Waals surface area (Å²) in [6, 6.07) is 8.14. The van der Waals surface area contributed by atoms with Crippen molar-refractivity contribution >= 4 is 10.9 Å². The maximum absolute atomic E-state index is 8.49. The minimum absolute atomic E-state index is 0.975. The number of rotatable bonds is 0. The molecular formula is C9H10ClNO5. The van der Waals surface area contributed by atoms with E-state index < -0.39 is 10.2 Å². The van der Waals surface area contributed by atoms with Crippen molar-refractivity contribution in [3.8, 4) is 0 Å². The van der Waals surface area contributed by atoms with Crippen LogP contribution in [0.25, 0.3) is 10.9 Å². The van der Waals surface area contributed by atoms with Crippen molar-refractivity contribution in [1.82, 2.24) is 0 Å². The second kappa shape index (κ2) is 4.77. The van der Waals surface area contributed by atoms with Gasteiger partial charge in [0.25, 0.3) is 5.52 Å². The molecule has 0 unspecified atom stereocenters. The molecule has 0 aliphatic heterocycles. The predicted octanol–water partition coefficient (Wildman–Crippen LogP) is -3.19. The Labute approximate surface area is 93.7 Å². The molecule has 0 bridgehead atoms. The van der Waals surface area contributed by atoms with E-state index in [1.165, 1.54) is 5.39 Å². The molecular weight excluding hydrogens is 238 g/mol. The van der Waals surface area contributed by atoms with Gasteiger partial charge in [-0.3, -0.25) is 0 Å². The highest BCUT2D eigenvalue weighted by atomic mass is 35.7. The van der Waals surface area contributed by atoms with Crippen molar-refractivity contribution in [2.24, 2.45) is 7.05 Å². The zero-order chi connectivity index (χ0) is 12.3. The monoisotopic (exact) mass is 247 g/mol. The van der Waals surface area contributed by atoms with Gasteiger partial charge >= 0.3 is 0 Å². The molecule has 2 aromatic rings. The second-order valence-corrected chi connectivity index (χ2v) is 3.80. The minimum atomic E-state index is -4.94. The summed E-state index contributed by atoms with van der Waals surface area (Å²) < 4.78 is 41.1. The van der Waals surface area contributed by atoms with Gasteiger partial charge in [0.2, 0.25) is 0 Å². The fraction of sp³-hybridized carbons (Fsp3) is 0.222. The van der Waals surface area contributed by atoms with Crippen LogP contribution in [0, 0.1) is 17.2 Å². The molecule has 0 spiro atoms. The van der Waals surface area contributed by atoms with Crippen molar-refractivity contribution in [3.63, 3.8) is 0 Å². The highest BCUT2D eigenvalue weighted by Crippen LogP contribution is 2.13. The van der Waals surface area contributed by atoms with Gasteiger partial charge < -0.3 is 0 Å². The van der Waals surface area contributed by atoms with E-state index in [1.807, 2.05) is 32.2 Å². The number of hydrogen-bond acceptors (Lipinski definition) is 5. The number of fused-ring (bicyclic) bond motifs is 1. The SMILES string of the molecule is Cc1o[n+](C)c2ccccc12.[O-][Cl+3]([O-])([O-])[O-]. The predicted molar refractivity (Wildman–Crippen MR) is 42.1 cm³/mol. The van der Waals surface area contributed by atoms with E-state index in [0.717, 1.165) is 11.3 Å². The molecule has 0 N–H and O–H groups in total. The van der Waals surface area contributed by atoms with Gasteiger partial charge in [-0.2, -0.15) is 0 Å². The first-order valence-corrected chi connectivity index (χ1v) is 5.49. The fourth-order valence-electron chi connectivity index (χ4n) is 1.35. The van der Waals surface area contributed by atoms with E-state index in [9.17, 15) is 0 Å². The zero-order valence-corrected chi connectivity index (χ0v) is 9.43. The van der Waals surface area contributed by atoms with Gasteiger partial charge in [-0.1, -0.05) is 12.1 Å². The number of halogens is 1. The lowest BCUT2D eigenvalue weighted by molar-refractivity contribution is -2.00. The Morgan fingerprint density at radius 1 is 1.12 bits per heavy atom. The Morgan fingerprint density at radius 2 is 1.62 bits per heavy atom. The van der Waals surface area contributed by atoms with Gasteiger partial charge in [-0.15, -0.1) is 10.2 Å². The van der Waals surface area contributed by atoms with Crippen molar-refractivity contribution < 1.29 is 38.1 Å². The third-order valence-electron chi connectivity index (χ3n) is 1.90. The minimum Gasteiger partial charge on any atom is -0.241 e. The van der Waals surface area contributed by atoms with Gasteiger partial charge in [0.1, 0.15) is 0 Å². The lowest BCUT2D eigenvalue weighted by Gasteiger charge is -2.17. The van der Waals surface area contributed by atoms with Crippen molar-refractivity contribution in [2.45, 2.75) is 6.92 Å². The average molecular weight is 248 g/mol. The third kappa shape index (κ3) is 3.76. The summed E-state index contributed by atoms with van der Waals surface area (Å²) in [5.41, 5.74) is 1.14. The molecule has 16 heavy (non-hydrogen) atoms. The Kier molecular flexibility index (Phi) is 3.84. The summed E-state index contributed by atoms with van der Waals surface area (Å²) >= 11 is 0. The van der Waals surface area contributed by atoms with Crippen molar-refractivity contribution in [3.05, 3.63) is 30.0 Å². The van der Waals surface area contributed by atoms with Crippen molar-refractivity contribution in [2.75, 3.05) is 0 Å². The Hall–Kier alpha value is -1.18. The first kappa shape index (κ1) is 12.9. The topological polar surface area (TPSA) is 109 Å². The molecule has 0 amide bonds. The molecule has 0 fully saturated rings. The largest absolute Gasteiger partial charge is 0.261 e. The second-order valence-electron chi connectivity index (χ2n) is 3.04. The molecule has 2 rings (SSSR count). The fourth-order valence-corrected chi connectivity index (χ4v) is 1.35. The lowest BCUT2D eigenvalue weighted by atomic mass is 10.2. The van der Waals surface area contributed by atoms with Crippen LogP contribution in [0.1, 0.15) is 5.76 Å². The number of aryl methyl sites for hydroxylation is 2. The number of benzene rings is 1. The molecule has 0 aliphatic carbocycles. The molecule has 0 saturated heterocycles. The highest BCUT2D eigenvalue weighted by molar-refractivity contribution is 5.77. The van der Waals surface area contributed by atoms with E-state index in [0.29, 0.717) is 0 Å². The van der Waals surface area contributed by atoms with Crippen LogP contribution in [0.4, 0.5) is 0 Å². The zero-order valence-electron chi connectivity index (χ0n) is 8.68. The molecule has 0 atom stereocenters. The number of hydrogen-bond donors (Lipinski definition) is 0.